The van der Waals surface area contributed by atoms with Crippen molar-refractivity contribution in [2.24, 2.45) is 0 Å². The lowest BCUT2D eigenvalue weighted by molar-refractivity contribution is -0.142. The number of hydrogen-bond donors (Lipinski definition) is 1. The second kappa shape index (κ2) is 8.48. The second-order valence-electron chi connectivity index (χ2n) is 7.25. The fraction of sp³-hybridized carbons (Fsp3) is 0.381. The van der Waals surface area contributed by atoms with Crippen LogP contribution in [0.5, 0.6) is 0 Å². The van der Waals surface area contributed by atoms with E-state index in [9.17, 15) is 14.0 Å². The van der Waals surface area contributed by atoms with Gasteiger partial charge in [0.05, 0.1) is 6.04 Å². The molecule has 2 atom stereocenters. The molecule has 1 aliphatic rings. The molecule has 1 aliphatic heterocycles. The van der Waals surface area contributed by atoms with Gasteiger partial charge in [-0.3, -0.25) is 14.5 Å². The molecule has 6 nitrogen and oxygen atoms in total. The van der Waals surface area contributed by atoms with Gasteiger partial charge in [0.15, 0.2) is 11.5 Å². The van der Waals surface area contributed by atoms with Crippen molar-refractivity contribution in [3.05, 3.63) is 65.2 Å². The van der Waals surface area contributed by atoms with Gasteiger partial charge in [-0.15, -0.1) is 0 Å². The first-order valence-corrected chi connectivity index (χ1v) is 9.32. The van der Waals surface area contributed by atoms with E-state index in [-0.39, 0.29) is 23.7 Å². The molecule has 7 heteroatoms. The van der Waals surface area contributed by atoms with Crippen LogP contribution in [0, 0.1) is 12.7 Å². The Labute approximate surface area is 164 Å². The number of benzene rings is 1. The highest BCUT2D eigenvalue weighted by Crippen LogP contribution is 2.20. The maximum absolute atomic E-state index is 13.8. The number of carbonyl (C=O) groups excluding carboxylic acids is 2. The molecule has 1 N–H and O–H groups in total. The maximum atomic E-state index is 13.8. The molecule has 0 unspecified atom stereocenters. The Balaban J connectivity index is 1.74. The Hall–Kier alpha value is -2.80. The molecule has 0 aliphatic carbocycles. The summed E-state index contributed by atoms with van der Waals surface area (Å²) in [5.41, 5.74) is 2.04. The molecule has 148 valence electrons. The van der Waals surface area contributed by atoms with E-state index in [0.717, 1.165) is 11.1 Å². The summed E-state index contributed by atoms with van der Waals surface area (Å²) in [4.78, 5) is 32.4. The minimum absolute atomic E-state index is 0.0472. The number of nitrogens with one attached hydrogen (secondary N) is 1. The van der Waals surface area contributed by atoms with Crippen molar-refractivity contribution in [1.29, 1.82) is 0 Å². The van der Waals surface area contributed by atoms with Gasteiger partial charge in [0.25, 0.3) is 5.91 Å². The van der Waals surface area contributed by atoms with Crippen LogP contribution in [0.2, 0.25) is 0 Å². The number of pyridine rings is 1. The molecule has 2 amide bonds. The van der Waals surface area contributed by atoms with E-state index in [0.29, 0.717) is 19.6 Å². The van der Waals surface area contributed by atoms with Gasteiger partial charge in [-0.05, 0) is 31.5 Å². The third-order valence-corrected chi connectivity index (χ3v) is 5.10. The Morgan fingerprint density at radius 2 is 2.11 bits per heavy atom. The summed E-state index contributed by atoms with van der Waals surface area (Å²) in [6.07, 6.45) is 1.39. The lowest BCUT2D eigenvalue weighted by Gasteiger charge is -2.44. The normalized spacial score (nSPS) is 20.3. The highest BCUT2D eigenvalue weighted by Gasteiger charge is 2.36. The summed E-state index contributed by atoms with van der Waals surface area (Å²) in [7, 11) is 1.76. The number of hydrogen-bond acceptors (Lipinski definition) is 4. The van der Waals surface area contributed by atoms with E-state index in [1.54, 1.807) is 11.9 Å². The van der Waals surface area contributed by atoms with Gasteiger partial charge in [0.1, 0.15) is 0 Å². The molecule has 0 bridgehead atoms. The molecule has 2 heterocycles. The predicted molar refractivity (Wildman–Crippen MR) is 104 cm³/mol. The summed E-state index contributed by atoms with van der Waals surface area (Å²) in [6, 6.07) is 10.4. The molecule has 1 aromatic carbocycles. The molecule has 1 saturated heterocycles. The molecule has 1 aromatic heterocycles. The van der Waals surface area contributed by atoms with Crippen molar-refractivity contribution in [1.82, 2.24) is 20.1 Å². The van der Waals surface area contributed by atoms with Gasteiger partial charge < -0.3 is 10.2 Å². The Bertz CT molecular complexity index is 873. The van der Waals surface area contributed by atoms with Crippen molar-refractivity contribution in [2.75, 3.05) is 20.1 Å². The zero-order chi connectivity index (χ0) is 20.3. The van der Waals surface area contributed by atoms with E-state index in [1.165, 1.54) is 18.3 Å². The van der Waals surface area contributed by atoms with Crippen molar-refractivity contribution < 1.29 is 14.0 Å². The Morgan fingerprint density at radius 3 is 2.82 bits per heavy atom. The fourth-order valence-corrected chi connectivity index (χ4v) is 3.60. The van der Waals surface area contributed by atoms with Crippen molar-refractivity contribution >= 4 is 11.8 Å². The Kier molecular flexibility index (Phi) is 6.04. The van der Waals surface area contributed by atoms with Crippen molar-refractivity contribution in [3.8, 4) is 0 Å². The monoisotopic (exact) mass is 384 g/mol. The van der Waals surface area contributed by atoms with Gasteiger partial charge in [-0.1, -0.05) is 29.8 Å². The molecule has 2 aromatic rings. The van der Waals surface area contributed by atoms with Gasteiger partial charge in [-0.2, -0.15) is 0 Å². The number of amides is 2. The zero-order valence-electron chi connectivity index (χ0n) is 16.4. The average molecular weight is 384 g/mol. The first-order chi connectivity index (χ1) is 13.4. The lowest BCUT2D eigenvalue weighted by atomic mass is 10.0. The van der Waals surface area contributed by atoms with Crippen LogP contribution in [0.3, 0.4) is 0 Å². The van der Waals surface area contributed by atoms with Crippen molar-refractivity contribution in [2.45, 2.75) is 32.5 Å². The summed E-state index contributed by atoms with van der Waals surface area (Å²) in [5.74, 6) is -1.16. The van der Waals surface area contributed by atoms with E-state index in [2.05, 4.69) is 21.3 Å². The first-order valence-electron chi connectivity index (χ1n) is 9.32. The van der Waals surface area contributed by atoms with Crippen LogP contribution in [0.15, 0.2) is 42.6 Å². The van der Waals surface area contributed by atoms with Crippen LogP contribution in [-0.2, 0) is 11.3 Å². The molecule has 0 saturated carbocycles. The number of piperazine rings is 1. The van der Waals surface area contributed by atoms with Gasteiger partial charge in [0.2, 0.25) is 5.91 Å². The minimum Gasteiger partial charge on any atom is -0.349 e. The van der Waals surface area contributed by atoms with E-state index in [4.69, 9.17) is 0 Å². The number of aryl methyl sites for hydroxylation is 1. The van der Waals surface area contributed by atoms with Gasteiger partial charge in [0, 0.05) is 38.9 Å². The van der Waals surface area contributed by atoms with Crippen LogP contribution in [0.4, 0.5) is 4.39 Å². The number of nitrogens with zero attached hydrogens (tertiary/aromatic N) is 3. The highest BCUT2D eigenvalue weighted by atomic mass is 19.1. The average Bonchev–Trinajstić information content (AvgIpc) is 2.67. The summed E-state index contributed by atoms with van der Waals surface area (Å²) in [6.45, 7) is 5.28. The SMILES string of the molecule is Cc1cccc(CN2[C@H](CNC(=O)c3ncccc3F)CN(C)C(=O)[C@@H]2C)c1. The molecule has 1 fully saturated rings. The quantitative estimate of drug-likeness (QED) is 0.856. The Morgan fingerprint density at radius 1 is 1.32 bits per heavy atom. The zero-order valence-corrected chi connectivity index (χ0v) is 16.4. The second-order valence-corrected chi connectivity index (χ2v) is 7.25. The first kappa shape index (κ1) is 19.9. The van der Waals surface area contributed by atoms with Crippen LogP contribution >= 0.6 is 0 Å². The number of likely N-dealkylation sites (N-methyl/N-ethyl adjacent to an activating group) is 1. The molecule has 3 rings (SSSR count). The van der Waals surface area contributed by atoms with E-state index < -0.39 is 11.7 Å². The highest BCUT2D eigenvalue weighted by molar-refractivity contribution is 5.92. The number of rotatable bonds is 5. The summed E-state index contributed by atoms with van der Waals surface area (Å²) < 4.78 is 13.8. The molecule has 0 spiro atoms. The van der Waals surface area contributed by atoms with E-state index >= 15 is 0 Å². The van der Waals surface area contributed by atoms with Crippen LogP contribution in [0.25, 0.3) is 0 Å². The minimum atomic E-state index is -0.652. The number of halogens is 1. The third kappa shape index (κ3) is 4.36. The van der Waals surface area contributed by atoms with Crippen LogP contribution in [-0.4, -0.2) is 58.8 Å². The summed E-state index contributed by atoms with van der Waals surface area (Å²) >= 11 is 0. The van der Waals surface area contributed by atoms with Crippen LogP contribution in [0.1, 0.15) is 28.5 Å². The standard InChI is InChI=1S/C21H25FN4O2/c1-14-6-4-7-16(10-14)12-26-15(2)21(28)25(3)13-17(26)11-24-20(27)19-18(22)8-5-9-23-19/h4-10,15,17H,11-13H2,1-3H3,(H,24,27)/t15-,17+/m0/s1. The lowest BCUT2D eigenvalue weighted by Crippen LogP contribution is -2.62. The topological polar surface area (TPSA) is 65.5 Å². The number of aromatic nitrogens is 1. The smallest absolute Gasteiger partial charge is 0.272 e. The fourth-order valence-electron chi connectivity index (χ4n) is 3.60. The summed E-state index contributed by atoms with van der Waals surface area (Å²) in [5, 5.41) is 2.77. The molecular weight excluding hydrogens is 359 g/mol. The number of carbonyl (C=O) groups is 2. The molecule has 28 heavy (non-hydrogen) atoms. The molecular formula is C21H25FN4O2. The largest absolute Gasteiger partial charge is 0.349 e. The predicted octanol–water partition coefficient (Wildman–Crippen LogP) is 1.99. The van der Waals surface area contributed by atoms with Gasteiger partial charge in [-0.25, -0.2) is 9.37 Å². The van der Waals surface area contributed by atoms with Gasteiger partial charge >= 0.3 is 0 Å². The van der Waals surface area contributed by atoms with Crippen LogP contribution < -0.4 is 5.32 Å². The molecule has 0 radical (unpaired) electrons. The van der Waals surface area contributed by atoms with Crippen molar-refractivity contribution in [3.63, 3.8) is 0 Å². The third-order valence-electron chi connectivity index (χ3n) is 5.10. The van der Waals surface area contributed by atoms with E-state index in [1.807, 2.05) is 32.0 Å². The maximum Gasteiger partial charge on any atom is 0.272 e.